The minimum absolute atomic E-state index is 0.102. The topological polar surface area (TPSA) is 162 Å². The van der Waals surface area contributed by atoms with Gasteiger partial charge in [-0.25, -0.2) is 9.69 Å². The maximum atomic E-state index is 14.7. The maximum Gasteiger partial charge on any atom is 0.325 e. The summed E-state index contributed by atoms with van der Waals surface area (Å²) < 4.78 is 4.74. The number of imide groups is 2. The third-order valence-corrected chi connectivity index (χ3v) is 9.21. The van der Waals surface area contributed by atoms with Crippen LogP contribution in [0.15, 0.2) is 41.5 Å². The van der Waals surface area contributed by atoms with E-state index >= 15 is 0 Å². The van der Waals surface area contributed by atoms with Gasteiger partial charge in [-0.15, -0.1) is 0 Å². The largest absolute Gasteiger partial charge is 0.468 e. The van der Waals surface area contributed by atoms with Gasteiger partial charge < -0.3 is 20.5 Å². The first-order valence-corrected chi connectivity index (χ1v) is 14.9. The zero-order valence-electron chi connectivity index (χ0n) is 24.5. The summed E-state index contributed by atoms with van der Waals surface area (Å²) in [6.45, 7) is 1.01. The van der Waals surface area contributed by atoms with Gasteiger partial charge in [-0.05, 0) is 43.6 Å². The van der Waals surface area contributed by atoms with Crippen LogP contribution in [-0.2, 0) is 35.1 Å². The summed E-state index contributed by atoms with van der Waals surface area (Å²) in [6, 6.07) is 8.08. The number of rotatable bonds is 10. The molecular formula is C31H38N4O8. The molecule has 2 aliphatic carbocycles. The average Bonchev–Trinajstić information content (AvgIpc) is 3.81. The predicted molar refractivity (Wildman–Crippen MR) is 152 cm³/mol. The highest BCUT2D eigenvalue weighted by Crippen LogP contribution is 2.55. The minimum atomic E-state index is -1.92. The third-order valence-electron chi connectivity index (χ3n) is 9.21. The molecule has 5 rings (SSSR count). The SMILES string of the molecule is CCC1=C2CC[C@H]3C(=O)N(CC(=O)OC)C(=O)[C@H]3[C@H]2[C@@](Cc2ccccc2)(C(=O)NCC2CC2)N(C(=O)NCCO)C1=O. The van der Waals surface area contributed by atoms with Crippen molar-refractivity contribution in [1.29, 1.82) is 0 Å². The molecule has 4 aliphatic rings. The molecule has 1 aromatic carbocycles. The first-order valence-electron chi connectivity index (χ1n) is 14.9. The van der Waals surface area contributed by atoms with Crippen LogP contribution >= 0.6 is 0 Å². The number of fused-ring (bicyclic) bond motifs is 3. The molecule has 1 aromatic rings. The lowest BCUT2D eigenvalue weighted by atomic mass is 9.57. The van der Waals surface area contributed by atoms with E-state index in [4.69, 9.17) is 4.74 Å². The van der Waals surface area contributed by atoms with Crippen LogP contribution in [0.4, 0.5) is 4.79 Å². The second-order valence-electron chi connectivity index (χ2n) is 11.7. The highest BCUT2D eigenvalue weighted by molar-refractivity contribution is 6.13. The summed E-state index contributed by atoms with van der Waals surface area (Å²) in [6.07, 6.45) is 2.57. The van der Waals surface area contributed by atoms with Crippen LogP contribution in [0.2, 0.25) is 0 Å². The van der Waals surface area contributed by atoms with Gasteiger partial charge in [0.05, 0.1) is 25.6 Å². The van der Waals surface area contributed by atoms with Crippen molar-refractivity contribution in [3.63, 3.8) is 0 Å². The predicted octanol–water partition coefficient (Wildman–Crippen LogP) is 0.929. The highest BCUT2D eigenvalue weighted by Gasteiger charge is 2.67. The number of carbonyl (C=O) groups excluding carboxylic acids is 6. The molecule has 0 unspecified atom stereocenters. The molecular weight excluding hydrogens is 556 g/mol. The number of esters is 1. The number of methoxy groups -OCH3 is 1. The molecule has 1 saturated heterocycles. The number of nitrogens with one attached hydrogen (secondary N) is 2. The Bertz CT molecular complexity index is 1360. The molecule has 0 radical (unpaired) electrons. The van der Waals surface area contributed by atoms with E-state index in [0.29, 0.717) is 23.3 Å². The highest BCUT2D eigenvalue weighted by atomic mass is 16.5. The molecule has 3 N–H and O–H groups in total. The summed E-state index contributed by atoms with van der Waals surface area (Å²) in [4.78, 5) is 84.6. The first kappa shape index (κ1) is 30.4. The molecule has 0 aromatic heterocycles. The summed E-state index contributed by atoms with van der Waals surface area (Å²) in [5, 5.41) is 15.0. The van der Waals surface area contributed by atoms with Gasteiger partial charge in [0.15, 0.2) is 0 Å². The van der Waals surface area contributed by atoms with E-state index in [0.717, 1.165) is 22.6 Å². The Morgan fingerprint density at radius 3 is 2.40 bits per heavy atom. The monoisotopic (exact) mass is 594 g/mol. The average molecular weight is 595 g/mol. The number of carbonyl (C=O) groups is 6. The lowest BCUT2D eigenvalue weighted by Crippen LogP contribution is -2.73. The fourth-order valence-corrected chi connectivity index (χ4v) is 7.07. The summed E-state index contributed by atoms with van der Waals surface area (Å²) >= 11 is 0. The van der Waals surface area contributed by atoms with Crippen LogP contribution in [0, 0.1) is 23.7 Å². The first-order chi connectivity index (χ1) is 20.7. The van der Waals surface area contributed by atoms with Crippen LogP contribution in [0.25, 0.3) is 0 Å². The number of likely N-dealkylation sites (tertiary alicyclic amines) is 1. The number of benzene rings is 1. The molecule has 2 saturated carbocycles. The van der Waals surface area contributed by atoms with Crippen LogP contribution in [0.3, 0.4) is 0 Å². The Labute approximate surface area is 249 Å². The van der Waals surface area contributed by atoms with Crippen LogP contribution in [0.5, 0.6) is 0 Å². The van der Waals surface area contributed by atoms with Crippen LogP contribution in [0.1, 0.15) is 44.6 Å². The maximum absolute atomic E-state index is 14.7. The number of aliphatic hydroxyl groups is 1. The standard InChI is InChI=1S/C31H38N4O8/c1-3-20-21-11-12-22-24(28(40)34(26(22)38)17-23(37)43-2)25(21)31(15-18-7-5-4-6-8-18,29(41)33-16-19-9-10-19)35(27(20)39)30(42)32-13-14-36/h4-8,19,22,24-25,36H,3,9-17H2,1-2H3,(H,32,42)(H,33,41)/t22-,24-,25+,31+/m1/s1. The van der Waals surface area contributed by atoms with Gasteiger partial charge in [-0.2, -0.15) is 0 Å². The Hall–Kier alpha value is -4.06. The van der Waals surface area contributed by atoms with Gasteiger partial charge >= 0.3 is 12.0 Å². The van der Waals surface area contributed by atoms with E-state index in [1.807, 2.05) is 6.07 Å². The van der Waals surface area contributed by atoms with Gasteiger partial charge in [-0.3, -0.25) is 28.9 Å². The molecule has 0 spiro atoms. The minimum Gasteiger partial charge on any atom is -0.468 e. The van der Waals surface area contributed by atoms with E-state index in [9.17, 15) is 33.9 Å². The fourth-order valence-electron chi connectivity index (χ4n) is 7.07. The van der Waals surface area contributed by atoms with Gasteiger partial charge in [-0.1, -0.05) is 42.8 Å². The summed E-state index contributed by atoms with van der Waals surface area (Å²) in [5.74, 6) is -5.80. The van der Waals surface area contributed by atoms with E-state index in [2.05, 4.69) is 10.6 Å². The van der Waals surface area contributed by atoms with Crippen molar-refractivity contribution in [1.82, 2.24) is 20.4 Å². The van der Waals surface area contributed by atoms with Gasteiger partial charge in [0.1, 0.15) is 12.1 Å². The summed E-state index contributed by atoms with van der Waals surface area (Å²) in [7, 11) is 1.17. The lowest BCUT2D eigenvalue weighted by Gasteiger charge is -2.54. The van der Waals surface area contributed by atoms with Crippen molar-refractivity contribution < 1.29 is 38.6 Å². The van der Waals surface area contributed by atoms with Crippen molar-refractivity contribution in [2.24, 2.45) is 23.7 Å². The second kappa shape index (κ2) is 12.3. The summed E-state index contributed by atoms with van der Waals surface area (Å²) in [5.41, 5.74) is -0.338. The molecule has 12 heteroatoms. The van der Waals surface area contributed by atoms with Gasteiger partial charge in [0.25, 0.3) is 5.91 Å². The molecule has 2 heterocycles. The molecule has 6 amide bonds. The molecule has 4 atom stereocenters. The zero-order valence-corrected chi connectivity index (χ0v) is 24.5. The van der Waals surface area contributed by atoms with E-state index in [-0.39, 0.29) is 38.1 Å². The zero-order chi connectivity index (χ0) is 30.9. The number of aliphatic hydroxyl groups excluding tert-OH is 1. The Morgan fingerprint density at radius 1 is 1.05 bits per heavy atom. The van der Waals surface area contributed by atoms with Gasteiger partial charge in [0.2, 0.25) is 17.7 Å². The third kappa shape index (κ3) is 5.32. The van der Waals surface area contributed by atoms with Gasteiger partial charge in [0, 0.05) is 31.0 Å². The van der Waals surface area contributed by atoms with Crippen molar-refractivity contribution >= 4 is 35.6 Å². The molecule has 3 fully saturated rings. The normalized spacial score (nSPS) is 26.7. The Balaban J connectivity index is 1.74. The number of hydrogen-bond acceptors (Lipinski definition) is 8. The van der Waals surface area contributed by atoms with E-state index in [1.165, 1.54) is 7.11 Å². The second-order valence-corrected chi connectivity index (χ2v) is 11.7. The lowest BCUT2D eigenvalue weighted by molar-refractivity contribution is -0.153. The van der Waals surface area contributed by atoms with E-state index < -0.39 is 72.1 Å². The number of nitrogens with zero attached hydrogens (tertiary/aromatic N) is 2. The van der Waals surface area contributed by atoms with Crippen molar-refractivity contribution in [2.75, 3.05) is 33.4 Å². The smallest absolute Gasteiger partial charge is 0.325 e. The number of ether oxygens (including phenoxy) is 1. The molecule has 230 valence electrons. The van der Waals surface area contributed by atoms with Crippen molar-refractivity contribution in [2.45, 2.75) is 51.0 Å². The van der Waals surface area contributed by atoms with Crippen molar-refractivity contribution in [3.8, 4) is 0 Å². The fraction of sp³-hybridized carbons (Fsp3) is 0.548. The quantitative estimate of drug-likeness (QED) is 0.266. The number of urea groups is 1. The van der Waals surface area contributed by atoms with Crippen LogP contribution < -0.4 is 10.6 Å². The molecule has 0 bridgehead atoms. The Kier molecular flexibility index (Phi) is 8.68. The number of hydrogen-bond donors (Lipinski definition) is 3. The molecule has 43 heavy (non-hydrogen) atoms. The van der Waals surface area contributed by atoms with E-state index in [1.54, 1.807) is 31.2 Å². The Morgan fingerprint density at radius 2 is 1.77 bits per heavy atom. The van der Waals surface area contributed by atoms with Crippen molar-refractivity contribution in [3.05, 3.63) is 47.0 Å². The van der Waals surface area contributed by atoms with Crippen LogP contribution in [-0.4, -0.2) is 89.4 Å². The number of amides is 6. The molecule has 2 aliphatic heterocycles. The molecule has 12 nitrogen and oxygen atoms in total.